The van der Waals surface area contributed by atoms with Gasteiger partial charge in [0.1, 0.15) is 18.4 Å². The minimum atomic E-state index is -3.70. The number of benzene rings is 1. The summed E-state index contributed by atoms with van der Waals surface area (Å²) in [6, 6.07) is 7.24. The van der Waals surface area contributed by atoms with Gasteiger partial charge in [0.25, 0.3) is 5.85 Å². The molecule has 2 aromatic heterocycles. The molecule has 0 aliphatic carbocycles. The Kier molecular flexibility index (Phi) is 8.32. The number of halogens is 2. The molecule has 3 aromatic rings. The van der Waals surface area contributed by atoms with Gasteiger partial charge in [-0.2, -0.15) is 9.97 Å². The minimum Gasteiger partial charge on any atom is -0.468 e. The fourth-order valence-electron chi connectivity index (χ4n) is 4.11. The number of fused-ring (bicyclic) bond motifs is 1. The molecule has 4 rings (SSSR count). The summed E-state index contributed by atoms with van der Waals surface area (Å²) in [7, 11) is 4.59. The number of alkyl halides is 2. The van der Waals surface area contributed by atoms with Gasteiger partial charge >= 0.3 is 12.6 Å². The lowest BCUT2D eigenvalue weighted by Crippen LogP contribution is -2.47. The summed E-state index contributed by atoms with van der Waals surface area (Å²) in [6.07, 6.45) is -2.88. The number of esters is 1. The van der Waals surface area contributed by atoms with Gasteiger partial charge in [-0.25, -0.2) is 18.9 Å². The van der Waals surface area contributed by atoms with Gasteiger partial charge in [0.05, 0.1) is 13.4 Å². The van der Waals surface area contributed by atoms with E-state index in [1.54, 1.807) is 49.3 Å². The molecule has 1 aliphatic heterocycles. The Hall–Kier alpha value is -3.01. The fourth-order valence-corrected chi connectivity index (χ4v) is 6.51. The van der Waals surface area contributed by atoms with Gasteiger partial charge in [0.15, 0.2) is 35.0 Å². The van der Waals surface area contributed by atoms with E-state index < -0.39 is 49.1 Å². The van der Waals surface area contributed by atoms with Gasteiger partial charge in [-0.05, 0) is 37.8 Å². The summed E-state index contributed by atoms with van der Waals surface area (Å²) in [5.74, 6) is -3.30. The lowest BCUT2D eigenvalue weighted by molar-refractivity contribution is -0.202. The standard InChI is InChI=1S/C23H30F2N7O6PS/c1-13(18(33)35-5)30-39(40,38-14-9-7-6-8-10-14)36-11-23(25)19(34)22(2,24)20(37-23)32-12-27-15-16(31(3)4)28-21(26)29-17(15)32/h6-10,12-13,19-20,34H,11H2,1-5H3,(H,30,40)(H2,26,28,29)/t13-,19-,20+,22+,23+,39-/m0/s1. The summed E-state index contributed by atoms with van der Waals surface area (Å²) in [6.45, 7) is -2.33. The molecular weight excluding hydrogens is 571 g/mol. The number of aliphatic hydroxyl groups excluding tert-OH is 1. The van der Waals surface area contributed by atoms with Crippen molar-refractivity contribution in [3.05, 3.63) is 36.7 Å². The highest BCUT2D eigenvalue weighted by Crippen LogP contribution is 2.52. The van der Waals surface area contributed by atoms with Crippen molar-refractivity contribution in [3.63, 3.8) is 0 Å². The zero-order valence-corrected chi connectivity index (χ0v) is 24.0. The quantitative estimate of drug-likeness (QED) is 0.230. The third kappa shape index (κ3) is 5.73. The highest BCUT2D eigenvalue weighted by Gasteiger charge is 2.65. The number of carbonyl (C=O) groups is 1. The zero-order chi connectivity index (χ0) is 29.5. The van der Waals surface area contributed by atoms with Crippen LogP contribution >= 0.6 is 6.64 Å². The van der Waals surface area contributed by atoms with Gasteiger partial charge in [-0.15, -0.1) is 0 Å². The molecule has 0 spiro atoms. The van der Waals surface area contributed by atoms with E-state index in [2.05, 4.69) is 20.0 Å². The molecule has 0 bridgehead atoms. The van der Waals surface area contributed by atoms with Crippen LogP contribution in [0, 0.1) is 0 Å². The predicted molar refractivity (Wildman–Crippen MR) is 145 cm³/mol. The first-order chi connectivity index (χ1) is 18.7. The second kappa shape index (κ2) is 11.1. The van der Waals surface area contributed by atoms with Gasteiger partial charge in [-0.1, -0.05) is 18.2 Å². The van der Waals surface area contributed by atoms with Crippen molar-refractivity contribution in [2.24, 2.45) is 0 Å². The summed E-state index contributed by atoms with van der Waals surface area (Å²) >= 11 is 5.53. The monoisotopic (exact) mass is 601 g/mol. The Labute approximate surface area is 233 Å². The molecule has 1 aliphatic rings. The van der Waals surface area contributed by atoms with E-state index in [4.69, 9.17) is 36.1 Å². The van der Waals surface area contributed by atoms with Gasteiger partial charge in [-0.3, -0.25) is 9.36 Å². The van der Waals surface area contributed by atoms with Crippen molar-refractivity contribution >= 4 is 47.3 Å². The molecule has 4 N–H and O–H groups in total. The van der Waals surface area contributed by atoms with Crippen LogP contribution in [0.3, 0.4) is 0 Å². The maximum Gasteiger partial charge on any atom is 0.323 e. The second-order valence-corrected chi connectivity index (χ2v) is 12.6. The van der Waals surface area contributed by atoms with Crippen molar-refractivity contribution in [1.29, 1.82) is 0 Å². The van der Waals surface area contributed by atoms with E-state index in [0.29, 0.717) is 5.82 Å². The summed E-state index contributed by atoms with van der Waals surface area (Å²) in [5, 5.41) is 13.5. The van der Waals surface area contributed by atoms with Crippen LogP contribution in [0.25, 0.3) is 11.2 Å². The van der Waals surface area contributed by atoms with Crippen molar-refractivity contribution in [2.75, 3.05) is 38.4 Å². The average Bonchev–Trinajstić information content (AvgIpc) is 3.39. The third-order valence-electron chi connectivity index (χ3n) is 6.14. The smallest absolute Gasteiger partial charge is 0.323 e. The number of carbonyl (C=O) groups excluding carboxylic acids is 1. The molecule has 1 aromatic carbocycles. The highest BCUT2D eigenvalue weighted by atomic mass is 32.5. The number of hydrogen-bond acceptors (Lipinski definition) is 12. The van der Waals surface area contributed by atoms with Crippen LogP contribution in [0.4, 0.5) is 20.5 Å². The van der Waals surface area contributed by atoms with E-state index in [1.165, 1.54) is 20.4 Å². The third-order valence-corrected chi connectivity index (χ3v) is 8.62. The molecule has 0 amide bonds. The number of anilines is 2. The molecule has 0 saturated carbocycles. The van der Waals surface area contributed by atoms with Crippen LogP contribution < -0.4 is 20.2 Å². The summed E-state index contributed by atoms with van der Waals surface area (Å²) in [4.78, 5) is 26.1. The summed E-state index contributed by atoms with van der Waals surface area (Å²) in [5.41, 5.74) is 3.46. The molecule has 13 nitrogen and oxygen atoms in total. The van der Waals surface area contributed by atoms with Crippen molar-refractivity contribution in [3.8, 4) is 5.75 Å². The Bertz CT molecular complexity index is 1430. The number of ether oxygens (including phenoxy) is 2. The van der Waals surface area contributed by atoms with Crippen LogP contribution in [0.2, 0.25) is 0 Å². The number of aliphatic hydroxyl groups is 1. The Morgan fingerprint density at radius 2 is 2.02 bits per heavy atom. The summed E-state index contributed by atoms with van der Waals surface area (Å²) < 4.78 is 55.0. The van der Waals surface area contributed by atoms with E-state index in [9.17, 15) is 9.90 Å². The molecule has 218 valence electrons. The lowest BCUT2D eigenvalue weighted by Gasteiger charge is -2.30. The number of hydrogen-bond donors (Lipinski definition) is 3. The SMILES string of the molecule is COC(=O)[C@H](C)N[P@](=S)(OC[C@@]1(F)O[C@@H](n2cnc3c(N(C)C)nc(N)nc32)[C@](C)(F)[C@@H]1O)Oc1ccccc1. The first-order valence-electron chi connectivity index (χ1n) is 12.0. The van der Waals surface area contributed by atoms with Crippen molar-refractivity contribution in [2.45, 2.75) is 43.7 Å². The first-order valence-corrected chi connectivity index (χ1v) is 14.6. The normalized spacial score (nSPS) is 26.8. The number of imidazole rings is 1. The molecule has 1 saturated heterocycles. The van der Waals surface area contributed by atoms with Crippen LogP contribution in [0.15, 0.2) is 36.7 Å². The number of para-hydroxylation sites is 1. The number of nitrogens with two attached hydrogens (primary N) is 1. The largest absolute Gasteiger partial charge is 0.468 e. The molecule has 40 heavy (non-hydrogen) atoms. The molecule has 17 heteroatoms. The maximum absolute atomic E-state index is 16.2. The van der Waals surface area contributed by atoms with Gasteiger partial charge < -0.3 is 34.3 Å². The highest BCUT2D eigenvalue weighted by molar-refractivity contribution is 8.09. The van der Waals surface area contributed by atoms with E-state index in [-0.39, 0.29) is 22.9 Å². The van der Waals surface area contributed by atoms with Gasteiger partial charge in [0.2, 0.25) is 5.95 Å². The number of methoxy groups -OCH3 is 1. The van der Waals surface area contributed by atoms with Crippen molar-refractivity contribution < 1.29 is 37.2 Å². The molecule has 0 radical (unpaired) electrons. The lowest BCUT2D eigenvalue weighted by atomic mass is 9.97. The Morgan fingerprint density at radius 3 is 2.65 bits per heavy atom. The first kappa shape index (κ1) is 30.0. The van der Waals surface area contributed by atoms with E-state index in [1.807, 2.05) is 0 Å². The molecule has 0 unspecified atom stereocenters. The number of rotatable bonds is 10. The average molecular weight is 602 g/mol. The Balaban J connectivity index is 1.64. The Morgan fingerprint density at radius 1 is 1.35 bits per heavy atom. The van der Waals surface area contributed by atoms with Crippen LogP contribution in [-0.4, -0.2) is 82.1 Å². The topological polar surface area (TPSA) is 159 Å². The number of nitrogen functional groups attached to an aromatic ring is 1. The minimum absolute atomic E-state index is 0.0635. The van der Waals surface area contributed by atoms with Crippen LogP contribution in [-0.2, 0) is 30.6 Å². The number of aromatic nitrogens is 4. The molecule has 6 atom stereocenters. The molecule has 1 fully saturated rings. The van der Waals surface area contributed by atoms with E-state index >= 15 is 8.78 Å². The second-order valence-electron chi connectivity index (χ2n) is 9.48. The van der Waals surface area contributed by atoms with Crippen molar-refractivity contribution in [1.82, 2.24) is 24.6 Å². The molecular formula is C23H30F2N7O6PS. The fraction of sp³-hybridized carbons (Fsp3) is 0.478. The maximum atomic E-state index is 16.2. The van der Waals surface area contributed by atoms with E-state index in [0.717, 1.165) is 11.5 Å². The van der Waals surface area contributed by atoms with Gasteiger partial charge in [0, 0.05) is 14.1 Å². The van der Waals surface area contributed by atoms with Crippen LogP contribution in [0.5, 0.6) is 5.75 Å². The zero-order valence-electron chi connectivity index (χ0n) is 22.3. The predicted octanol–water partition coefficient (Wildman–Crippen LogP) is 2.23. The number of nitrogens with one attached hydrogen (secondary N) is 1. The molecule has 3 heterocycles. The van der Waals surface area contributed by atoms with Crippen LogP contribution in [0.1, 0.15) is 20.1 Å². The number of nitrogens with zero attached hydrogens (tertiary/aromatic N) is 5.